The van der Waals surface area contributed by atoms with E-state index in [0.29, 0.717) is 6.61 Å². The van der Waals surface area contributed by atoms with E-state index in [1.165, 1.54) is 0 Å². The fourth-order valence-corrected chi connectivity index (χ4v) is 1.95. The Morgan fingerprint density at radius 2 is 1.92 bits per heavy atom. The van der Waals surface area contributed by atoms with Gasteiger partial charge in [-0.05, 0) is 18.1 Å². The number of alkyl halides is 1. The maximum Gasteiger partial charge on any atom is 0.192 e. The molecule has 0 rings (SSSR count). The summed E-state index contributed by atoms with van der Waals surface area (Å²) < 4.78 is 5.81. The molecule has 78 valence electrons. The van der Waals surface area contributed by atoms with Crippen LogP contribution in [0.4, 0.5) is 0 Å². The maximum absolute atomic E-state index is 10.4. The van der Waals surface area contributed by atoms with Crippen LogP contribution >= 0.6 is 15.9 Å². The monoisotopic (exact) mass is 266 g/mol. The summed E-state index contributed by atoms with van der Waals surface area (Å²) in [4.78, 5) is 10.2. The zero-order chi connectivity index (χ0) is 10.7. The number of carbonyl (C=O) groups excluding carboxylic acids is 1. The summed E-state index contributed by atoms with van der Waals surface area (Å²) in [5.41, 5.74) is 0. The highest BCUT2D eigenvalue weighted by molar-refractivity contribution is 9.10. The average molecular weight is 267 g/mol. The molecule has 4 heteroatoms. The van der Waals surface area contributed by atoms with Crippen molar-refractivity contribution in [2.45, 2.75) is 43.7 Å². The lowest BCUT2D eigenvalue weighted by Gasteiger charge is -2.36. The molecule has 0 aromatic rings. The van der Waals surface area contributed by atoms with Gasteiger partial charge < -0.3 is 9.22 Å². The summed E-state index contributed by atoms with van der Waals surface area (Å²) in [5.74, 6) is 0. The predicted molar refractivity (Wildman–Crippen MR) is 61.9 cm³/mol. The molecule has 0 saturated carbocycles. The third kappa shape index (κ3) is 4.38. The molecule has 0 N–H and O–H groups in total. The minimum absolute atomic E-state index is 0.165. The Balaban J connectivity index is 4.11. The van der Waals surface area contributed by atoms with Gasteiger partial charge in [-0.15, -0.1) is 0 Å². The summed E-state index contributed by atoms with van der Waals surface area (Å²) in [5, 5.41) is 0.211. The van der Waals surface area contributed by atoms with Gasteiger partial charge in [0.25, 0.3) is 0 Å². The van der Waals surface area contributed by atoms with Crippen LogP contribution in [0.25, 0.3) is 0 Å². The first-order valence-electron chi connectivity index (χ1n) is 4.44. The Bertz CT molecular complexity index is 175. The molecular weight excluding hydrogens is 248 g/mol. The van der Waals surface area contributed by atoms with E-state index in [4.69, 9.17) is 4.43 Å². The second kappa shape index (κ2) is 4.71. The molecule has 0 aliphatic heterocycles. The summed E-state index contributed by atoms with van der Waals surface area (Å²) >= 11 is 3.23. The van der Waals surface area contributed by atoms with E-state index < -0.39 is 8.32 Å². The second-order valence-electron chi connectivity index (χ2n) is 4.72. The molecule has 0 aromatic heterocycles. The van der Waals surface area contributed by atoms with Gasteiger partial charge >= 0.3 is 0 Å². The van der Waals surface area contributed by atoms with E-state index >= 15 is 0 Å². The minimum atomic E-state index is -1.67. The van der Waals surface area contributed by atoms with Crippen molar-refractivity contribution >= 4 is 30.5 Å². The molecule has 0 aromatic carbocycles. The predicted octanol–water partition coefficient (Wildman–Crippen LogP) is 2.97. The quantitative estimate of drug-likeness (QED) is 0.444. The van der Waals surface area contributed by atoms with Gasteiger partial charge in [-0.25, -0.2) is 0 Å². The van der Waals surface area contributed by atoms with Crippen LogP contribution in [-0.2, 0) is 9.22 Å². The van der Waals surface area contributed by atoms with Gasteiger partial charge in [0.1, 0.15) is 6.29 Å². The number of hydrogen-bond acceptors (Lipinski definition) is 2. The first-order chi connectivity index (χ1) is 5.70. The largest absolute Gasteiger partial charge is 0.415 e. The summed E-state index contributed by atoms with van der Waals surface area (Å²) in [6.45, 7) is 11.4. The lowest BCUT2D eigenvalue weighted by atomic mass is 10.2. The van der Waals surface area contributed by atoms with Crippen LogP contribution in [-0.4, -0.2) is 26.0 Å². The van der Waals surface area contributed by atoms with E-state index in [9.17, 15) is 4.79 Å². The van der Waals surface area contributed by atoms with Gasteiger partial charge in [0.2, 0.25) is 0 Å². The number of halogens is 1. The average Bonchev–Trinajstić information content (AvgIpc) is 1.98. The van der Waals surface area contributed by atoms with Gasteiger partial charge in [-0.1, -0.05) is 36.7 Å². The molecule has 1 unspecified atom stereocenters. The van der Waals surface area contributed by atoms with Gasteiger partial charge in [0.05, 0.1) is 11.4 Å². The Labute approximate surface area is 90.3 Å². The van der Waals surface area contributed by atoms with E-state index in [0.717, 1.165) is 6.29 Å². The highest BCUT2D eigenvalue weighted by Crippen LogP contribution is 2.36. The Morgan fingerprint density at radius 3 is 2.23 bits per heavy atom. The van der Waals surface area contributed by atoms with Crippen molar-refractivity contribution in [1.82, 2.24) is 0 Å². The molecule has 1 atom stereocenters. The molecule has 2 nitrogen and oxygen atoms in total. The summed E-state index contributed by atoms with van der Waals surface area (Å²) in [6.07, 6.45) is 0.868. The van der Waals surface area contributed by atoms with Crippen molar-refractivity contribution in [3.63, 3.8) is 0 Å². The normalized spacial score (nSPS) is 15.5. The molecule has 13 heavy (non-hydrogen) atoms. The molecule has 0 amide bonds. The minimum Gasteiger partial charge on any atom is -0.415 e. The molecule has 0 aliphatic rings. The number of carbonyl (C=O) groups is 1. The summed E-state index contributed by atoms with van der Waals surface area (Å²) in [6, 6.07) is 0. The molecule has 0 saturated heterocycles. The third-order valence-electron chi connectivity index (χ3n) is 2.56. The van der Waals surface area contributed by atoms with Crippen molar-refractivity contribution in [1.29, 1.82) is 0 Å². The van der Waals surface area contributed by atoms with Crippen LogP contribution in [0.2, 0.25) is 18.1 Å². The lowest BCUT2D eigenvalue weighted by molar-refractivity contribution is -0.107. The van der Waals surface area contributed by atoms with Gasteiger partial charge in [-0.2, -0.15) is 0 Å². The van der Waals surface area contributed by atoms with Gasteiger partial charge in [-0.3, -0.25) is 0 Å². The first kappa shape index (κ1) is 13.3. The topological polar surface area (TPSA) is 26.3 Å². The zero-order valence-corrected chi connectivity index (χ0v) is 11.6. The zero-order valence-electron chi connectivity index (χ0n) is 9.06. The van der Waals surface area contributed by atoms with Crippen LogP contribution in [0.15, 0.2) is 0 Å². The first-order valence-corrected chi connectivity index (χ1v) is 8.26. The molecule has 0 fully saturated rings. The van der Waals surface area contributed by atoms with Crippen molar-refractivity contribution < 1.29 is 9.22 Å². The van der Waals surface area contributed by atoms with Crippen molar-refractivity contribution in [3.05, 3.63) is 0 Å². The summed E-state index contributed by atoms with van der Waals surface area (Å²) in [7, 11) is -1.67. The fourth-order valence-electron chi connectivity index (χ4n) is 0.544. The van der Waals surface area contributed by atoms with E-state index in [1.54, 1.807) is 0 Å². The highest BCUT2D eigenvalue weighted by Gasteiger charge is 2.37. The number of rotatable bonds is 4. The Morgan fingerprint density at radius 1 is 1.46 bits per heavy atom. The maximum atomic E-state index is 10.4. The Hall–Kier alpha value is 0.327. The van der Waals surface area contributed by atoms with Gasteiger partial charge in [0.15, 0.2) is 8.32 Å². The second-order valence-corrected chi connectivity index (χ2v) is 10.7. The highest BCUT2D eigenvalue weighted by atomic mass is 79.9. The van der Waals surface area contributed by atoms with Crippen LogP contribution in [0.1, 0.15) is 20.8 Å². The fraction of sp³-hybridized carbons (Fsp3) is 0.889. The number of hydrogen-bond donors (Lipinski definition) is 0. The Kier molecular flexibility index (Phi) is 4.83. The molecule has 0 radical (unpaired) electrons. The molecule has 0 bridgehead atoms. The third-order valence-corrected chi connectivity index (χ3v) is 7.54. The van der Waals surface area contributed by atoms with Crippen LogP contribution in [0.3, 0.4) is 0 Å². The van der Waals surface area contributed by atoms with E-state index in [2.05, 4.69) is 49.8 Å². The molecule has 0 spiro atoms. The van der Waals surface area contributed by atoms with Crippen molar-refractivity contribution in [2.24, 2.45) is 0 Å². The number of aldehydes is 1. The molecule has 0 aliphatic carbocycles. The van der Waals surface area contributed by atoms with E-state index in [-0.39, 0.29) is 9.87 Å². The van der Waals surface area contributed by atoms with Crippen molar-refractivity contribution in [3.8, 4) is 0 Å². The molecule has 0 heterocycles. The van der Waals surface area contributed by atoms with Crippen LogP contribution in [0, 0.1) is 0 Å². The smallest absolute Gasteiger partial charge is 0.192 e. The molecular formula is C9H19BrO2Si. The van der Waals surface area contributed by atoms with Gasteiger partial charge in [0, 0.05) is 0 Å². The van der Waals surface area contributed by atoms with Crippen LogP contribution < -0.4 is 0 Å². The van der Waals surface area contributed by atoms with Crippen molar-refractivity contribution in [2.75, 3.05) is 6.61 Å². The SMILES string of the molecule is CC(C)(C)[Si](C)(C)OCC(Br)C=O. The van der Waals surface area contributed by atoms with E-state index in [1.807, 2.05) is 0 Å². The lowest BCUT2D eigenvalue weighted by Crippen LogP contribution is -2.42. The standard InChI is InChI=1S/C9H19BrO2Si/c1-9(2,3)13(4,5)12-7-8(10)6-11/h6,8H,7H2,1-5H3. The van der Waals surface area contributed by atoms with Crippen LogP contribution in [0.5, 0.6) is 0 Å².